The Morgan fingerprint density at radius 2 is 2.00 bits per heavy atom. The summed E-state index contributed by atoms with van der Waals surface area (Å²) in [6, 6.07) is 8.79. The predicted molar refractivity (Wildman–Crippen MR) is 65.8 cm³/mol. The molecule has 0 saturated heterocycles. The van der Waals surface area contributed by atoms with Crippen LogP contribution in [0.4, 0.5) is 0 Å². The van der Waals surface area contributed by atoms with E-state index in [4.69, 9.17) is 10.00 Å². The summed E-state index contributed by atoms with van der Waals surface area (Å²) < 4.78 is 5.98. The van der Waals surface area contributed by atoms with Gasteiger partial charge in [-0.15, -0.1) is 0 Å². The molecule has 2 aliphatic rings. The van der Waals surface area contributed by atoms with Crippen LogP contribution in [0.25, 0.3) is 0 Å². The van der Waals surface area contributed by atoms with Crippen molar-refractivity contribution >= 4 is 0 Å². The molecule has 0 N–H and O–H groups in total. The van der Waals surface area contributed by atoms with Crippen LogP contribution in [0.3, 0.4) is 0 Å². The summed E-state index contributed by atoms with van der Waals surface area (Å²) in [5, 5.41) is 9.04. The molecule has 0 heterocycles. The van der Waals surface area contributed by atoms with E-state index in [1.165, 1.54) is 30.4 Å². The number of benzene rings is 1. The third-order valence-electron chi connectivity index (χ3n) is 3.98. The molecular formula is C15H17NO. The zero-order valence-electron chi connectivity index (χ0n) is 9.98. The predicted octanol–water partition coefficient (Wildman–Crippen LogP) is 3.25. The second kappa shape index (κ2) is 4.41. The Morgan fingerprint density at radius 1 is 1.12 bits per heavy atom. The summed E-state index contributed by atoms with van der Waals surface area (Å²) in [6.45, 7) is 0. The molecule has 1 saturated carbocycles. The van der Waals surface area contributed by atoms with Gasteiger partial charge < -0.3 is 4.74 Å². The molecule has 1 aromatic rings. The summed E-state index contributed by atoms with van der Waals surface area (Å²) in [6.07, 6.45) is 6.90. The highest BCUT2D eigenvalue weighted by atomic mass is 16.5. The van der Waals surface area contributed by atoms with Gasteiger partial charge in [0.1, 0.15) is 11.9 Å². The molecule has 2 unspecified atom stereocenters. The van der Waals surface area contributed by atoms with E-state index < -0.39 is 0 Å². The van der Waals surface area contributed by atoms with Gasteiger partial charge in [0.2, 0.25) is 0 Å². The van der Waals surface area contributed by atoms with Crippen molar-refractivity contribution < 1.29 is 4.74 Å². The molecule has 0 bridgehead atoms. The highest BCUT2D eigenvalue weighted by Crippen LogP contribution is 2.31. The summed E-state index contributed by atoms with van der Waals surface area (Å²) in [5.74, 6) is 1.04. The molecule has 17 heavy (non-hydrogen) atoms. The summed E-state index contributed by atoms with van der Waals surface area (Å²) >= 11 is 0. The number of ether oxygens (including phenoxy) is 1. The monoisotopic (exact) mass is 227 g/mol. The highest BCUT2D eigenvalue weighted by Gasteiger charge is 2.29. The number of nitriles is 1. The SMILES string of the molecule is N#CC1CCCC1Oc1ccc2c(c1)CCC2. The van der Waals surface area contributed by atoms with Gasteiger partial charge >= 0.3 is 0 Å². The van der Waals surface area contributed by atoms with Crippen molar-refractivity contribution in [2.75, 3.05) is 0 Å². The molecule has 0 spiro atoms. The van der Waals surface area contributed by atoms with Crippen molar-refractivity contribution in [1.29, 1.82) is 5.26 Å². The fourth-order valence-corrected chi connectivity index (χ4v) is 3.01. The van der Waals surface area contributed by atoms with E-state index in [0.717, 1.165) is 25.0 Å². The fourth-order valence-electron chi connectivity index (χ4n) is 3.01. The first kappa shape index (κ1) is 10.7. The van der Waals surface area contributed by atoms with Crippen molar-refractivity contribution in [2.24, 2.45) is 5.92 Å². The number of fused-ring (bicyclic) bond motifs is 1. The molecule has 2 atom stereocenters. The molecule has 1 aromatic carbocycles. The van der Waals surface area contributed by atoms with Crippen LogP contribution >= 0.6 is 0 Å². The molecule has 1 fully saturated rings. The van der Waals surface area contributed by atoms with Gasteiger partial charge in [0, 0.05) is 0 Å². The van der Waals surface area contributed by atoms with Gasteiger partial charge in [-0.05, 0) is 61.8 Å². The second-order valence-electron chi connectivity index (χ2n) is 5.11. The van der Waals surface area contributed by atoms with Gasteiger partial charge in [0.15, 0.2) is 0 Å². The van der Waals surface area contributed by atoms with Crippen molar-refractivity contribution in [3.8, 4) is 11.8 Å². The Balaban J connectivity index is 1.75. The zero-order valence-corrected chi connectivity index (χ0v) is 9.98. The maximum absolute atomic E-state index is 9.04. The lowest BCUT2D eigenvalue weighted by molar-refractivity contribution is 0.182. The molecule has 0 amide bonds. The van der Waals surface area contributed by atoms with Crippen LogP contribution in [-0.4, -0.2) is 6.10 Å². The molecule has 88 valence electrons. The van der Waals surface area contributed by atoms with E-state index in [1.54, 1.807) is 0 Å². The van der Waals surface area contributed by atoms with Crippen LogP contribution in [0.2, 0.25) is 0 Å². The van der Waals surface area contributed by atoms with Gasteiger partial charge in [0.05, 0.1) is 12.0 Å². The van der Waals surface area contributed by atoms with Crippen LogP contribution < -0.4 is 4.74 Å². The smallest absolute Gasteiger partial charge is 0.120 e. The van der Waals surface area contributed by atoms with Crippen LogP contribution in [0, 0.1) is 17.2 Å². The minimum atomic E-state index is 0.0863. The lowest BCUT2D eigenvalue weighted by Gasteiger charge is -2.17. The Hall–Kier alpha value is -1.49. The lowest BCUT2D eigenvalue weighted by atomic mass is 10.1. The third-order valence-corrected chi connectivity index (χ3v) is 3.98. The van der Waals surface area contributed by atoms with Crippen molar-refractivity contribution in [3.63, 3.8) is 0 Å². The van der Waals surface area contributed by atoms with Gasteiger partial charge in [-0.2, -0.15) is 5.26 Å². The first-order chi connectivity index (χ1) is 8.36. The lowest BCUT2D eigenvalue weighted by Crippen LogP contribution is -2.20. The summed E-state index contributed by atoms with van der Waals surface area (Å²) in [5.41, 5.74) is 2.91. The van der Waals surface area contributed by atoms with E-state index in [2.05, 4.69) is 24.3 Å². The number of nitrogens with zero attached hydrogens (tertiary/aromatic N) is 1. The third kappa shape index (κ3) is 2.02. The summed E-state index contributed by atoms with van der Waals surface area (Å²) in [7, 11) is 0. The van der Waals surface area contributed by atoms with Crippen molar-refractivity contribution in [1.82, 2.24) is 0 Å². The number of aryl methyl sites for hydroxylation is 2. The molecule has 0 radical (unpaired) electrons. The van der Waals surface area contributed by atoms with Gasteiger partial charge in [0.25, 0.3) is 0 Å². The maximum atomic E-state index is 9.04. The Kier molecular flexibility index (Phi) is 2.76. The molecule has 2 aliphatic carbocycles. The molecule has 3 rings (SSSR count). The Labute approximate surface area is 102 Å². The van der Waals surface area contributed by atoms with Crippen molar-refractivity contribution in [3.05, 3.63) is 29.3 Å². The van der Waals surface area contributed by atoms with Crippen LogP contribution in [0.15, 0.2) is 18.2 Å². The van der Waals surface area contributed by atoms with Crippen LogP contribution in [0.5, 0.6) is 5.75 Å². The number of hydrogen-bond acceptors (Lipinski definition) is 2. The maximum Gasteiger partial charge on any atom is 0.120 e. The Morgan fingerprint density at radius 3 is 2.88 bits per heavy atom. The van der Waals surface area contributed by atoms with E-state index >= 15 is 0 Å². The van der Waals surface area contributed by atoms with Gasteiger partial charge in [-0.3, -0.25) is 0 Å². The first-order valence-electron chi connectivity index (χ1n) is 6.55. The molecule has 0 aromatic heterocycles. The van der Waals surface area contributed by atoms with Gasteiger partial charge in [-0.25, -0.2) is 0 Å². The van der Waals surface area contributed by atoms with Crippen LogP contribution in [0.1, 0.15) is 36.8 Å². The quantitative estimate of drug-likeness (QED) is 0.777. The van der Waals surface area contributed by atoms with E-state index in [0.29, 0.717) is 0 Å². The highest BCUT2D eigenvalue weighted by molar-refractivity contribution is 5.38. The van der Waals surface area contributed by atoms with Crippen LogP contribution in [-0.2, 0) is 12.8 Å². The summed E-state index contributed by atoms with van der Waals surface area (Å²) in [4.78, 5) is 0. The van der Waals surface area contributed by atoms with Crippen molar-refractivity contribution in [2.45, 2.75) is 44.6 Å². The average molecular weight is 227 g/mol. The van der Waals surface area contributed by atoms with Gasteiger partial charge in [-0.1, -0.05) is 6.07 Å². The zero-order chi connectivity index (χ0) is 11.7. The Bertz CT molecular complexity index is 460. The van der Waals surface area contributed by atoms with E-state index in [9.17, 15) is 0 Å². The normalized spacial score (nSPS) is 26.5. The van der Waals surface area contributed by atoms with E-state index in [1.807, 2.05) is 0 Å². The largest absolute Gasteiger partial charge is 0.489 e. The topological polar surface area (TPSA) is 33.0 Å². The standard InChI is InChI=1S/C15H17NO/c16-10-13-5-2-6-15(13)17-14-8-7-11-3-1-4-12(11)9-14/h7-9,13,15H,1-6H2. The molecular weight excluding hydrogens is 210 g/mol. The first-order valence-corrected chi connectivity index (χ1v) is 6.55. The minimum absolute atomic E-state index is 0.0863. The number of rotatable bonds is 2. The molecule has 2 heteroatoms. The molecule has 2 nitrogen and oxygen atoms in total. The minimum Gasteiger partial charge on any atom is -0.489 e. The number of hydrogen-bond donors (Lipinski definition) is 0. The molecule has 0 aliphatic heterocycles. The second-order valence-corrected chi connectivity index (χ2v) is 5.11. The fraction of sp³-hybridized carbons (Fsp3) is 0.533. The average Bonchev–Trinajstić information content (AvgIpc) is 2.96. The van der Waals surface area contributed by atoms with E-state index in [-0.39, 0.29) is 12.0 Å².